The lowest BCUT2D eigenvalue weighted by atomic mass is 10.1. The number of amidine groups is 1. The molecule has 0 radical (unpaired) electrons. The van der Waals surface area contributed by atoms with Gasteiger partial charge in [0.2, 0.25) is 5.91 Å². The van der Waals surface area contributed by atoms with Crippen molar-refractivity contribution < 1.29 is 14.3 Å². The summed E-state index contributed by atoms with van der Waals surface area (Å²) >= 11 is 0. The lowest BCUT2D eigenvalue weighted by Gasteiger charge is -2.26. The summed E-state index contributed by atoms with van der Waals surface area (Å²) < 4.78 is 5.10. The fourth-order valence-corrected chi connectivity index (χ4v) is 2.55. The van der Waals surface area contributed by atoms with Crippen LogP contribution < -0.4 is 16.0 Å². The molecule has 0 saturated carbocycles. The molecule has 0 unspecified atom stereocenters. The highest BCUT2D eigenvalue weighted by Gasteiger charge is 2.23. The maximum atomic E-state index is 11.8. The first kappa shape index (κ1) is 21.4. The van der Waals surface area contributed by atoms with Gasteiger partial charge in [-0.3, -0.25) is 15.5 Å². The largest absolute Gasteiger partial charge is 0.444 e. The standard InChI is InChI=1S/C20H22N4O3.ClH/c21-18(24-20(26)27-13-15-4-2-1-3-5-15)16-8-6-14(7-9-16)12-23-19(25)17-10-11-22-17;/h1-9,17,22H,10-13H2,(H,23,25)(H2,21,24,26);1H/t17-;/m0./s1. The number of halogens is 1. The highest BCUT2D eigenvalue weighted by atomic mass is 35.5. The lowest BCUT2D eigenvalue weighted by molar-refractivity contribution is -0.124. The summed E-state index contributed by atoms with van der Waals surface area (Å²) in [6.07, 6.45) is 0.196. The molecule has 1 fully saturated rings. The van der Waals surface area contributed by atoms with Crippen LogP contribution in [0.4, 0.5) is 4.79 Å². The molecule has 2 aromatic rings. The molecule has 1 atom stereocenters. The summed E-state index contributed by atoms with van der Waals surface area (Å²) in [5.41, 5.74) is 2.36. The molecule has 0 bridgehead atoms. The monoisotopic (exact) mass is 402 g/mol. The minimum atomic E-state index is -0.673. The fourth-order valence-electron chi connectivity index (χ4n) is 2.55. The Hall–Kier alpha value is -2.90. The second-order valence-corrected chi connectivity index (χ2v) is 6.27. The molecule has 1 aliphatic rings. The second-order valence-electron chi connectivity index (χ2n) is 6.27. The molecular weight excluding hydrogens is 380 g/mol. The average Bonchev–Trinajstić information content (AvgIpc) is 2.64. The van der Waals surface area contributed by atoms with E-state index in [1.807, 2.05) is 42.5 Å². The zero-order chi connectivity index (χ0) is 19.1. The molecule has 4 N–H and O–H groups in total. The van der Waals surface area contributed by atoms with Gasteiger partial charge in [0.15, 0.2) is 0 Å². The Morgan fingerprint density at radius 3 is 2.36 bits per heavy atom. The topological polar surface area (TPSA) is 103 Å². The van der Waals surface area contributed by atoms with E-state index >= 15 is 0 Å². The number of rotatable bonds is 6. The van der Waals surface area contributed by atoms with Crippen molar-refractivity contribution in [3.8, 4) is 0 Å². The van der Waals surface area contributed by atoms with E-state index < -0.39 is 6.09 Å². The number of hydrogen-bond acceptors (Lipinski definition) is 5. The van der Waals surface area contributed by atoms with Gasteiger partial charge in [-0.05, 0) is 24.1 Å². The van der Waals surface area contributed by atoms with Gasteiger partial charge in [-0.1, -0.05) is 54.6 Å². The zero-order valence-corrected chi connectivity index (χ0v) is 16.1. The van der Waals surface area contributed by atoms with E-state index in [0.29, 0.717) is 12.1 Å². The number of nitrogens with one attached hydrogen (secondary N) is 4. The normalized spacial score (nSPS) is 14.8. The van der Waals surface area contributed by atoms with Crippen molar-refractivity contribution in [3.63, 3.8) is 0 Å². The van der Waals surface area contributed by atoms with Crippen LogP contribution >= 0.6 is 12.4 Å². The van der Waals surface area contributed by atoms with E-state index in [2.05, 4.69) is 16.0 Å². The minimum absolute atomic E-state index is 0. The summed E-state index contributed by atoms with van der Waals surface area (Å²) in [7, 11) is 0. The second kappa shape index (κ2) is 10.4. The summed E-state index contributed by atoms with van der Waals surface area (Å²) in [5.74, 6) is -0.0387. The van der Waals surface area contributed by atoms with Crippen LogP contribution in [0.15, 0.2) is 54.6 Å². The molecule has 28 heavy (non-hydrogen) atoms. The van der Waals surface area contributed by atoms with Crippen LogP contribution in [0, 0.1) is 5.41 Å². The highest BCUT2D eigenvalue weighted by molar-refractivity contribution is 6.04. The molecule has 3 rings (SSSR count). The summed E-state index contributed by atoms with van der Waals surface area (Å²) in [6.45, 7) is 1.46. The van der Waals surface area contributed by atoms with Gasteiger partial charge in [-0.15, -0.1) is 12.4 Å². The summed E-state index contributed by atoms with van der Waals surface area (Å²) in [6, 6.07) is 16.3. The van der Waals surface area contributed by atoms with E-state index in [0.717, 1.165) is 24.1 Å². The number of carbonyl (C=O) groups excluding carboxylic acids is 2. The van der Waals surface area contributed by atoms with Crippen LogP contribution in [0.1, 0.15) is 23.1 Å². The van der Waals surface area contributed by atoms with Crippen molar-refractivity contribution in [1.82, 2.24) is 16.0 Å². The molecule has 148 valence electrons. The van der Waals surface area contributed by atoms with Gasteiger partial charge in [0, 0.05) is 12.1 Å². The third-order valence-electron chi connectivity index (χ3n) is 4.29. The van der Waals surface area contributed by atoms with E-state index in [4.69, 9.17) is 10.1 Å². The van der Waals surface area contributed by atoms with Crippen LogP contribution in [0.5, 0.6) is 0 Å². The highest BCUT2D eigenvalue weighted by Crippen LogP contribution is 2.07. The Kier molecular flexibility index (Phi) is 7.98. The molecular formula is C20H23ClN4O3. The molecule has 1 aliphatic heterocycles. The average molecular weight is 403 g/mol. The molecule has 1 saturated heterocycles. The van der Waals surface area contributed by atoms with E-state index in [9.17, 15) is 9.59 Å². The molecule has 0 aliphatic carbocycles. The van der Waals surface area contributed by atoms with Gasteiger partial charge < -0.3 is 15.4 Å². The van der Waals surface area contributed by atoms with Crippen molar-refractivity contribution in [1.29, 1.82) is 5.41 Å². The molecule has 0 aromatic heterocycles. The van der Waals surface area contributed by atoms with Gasteiger partial charge >= 0.3 is 6.09 Å². The van der Waals surface area contributed by atoms with E-state index in [1.165, 1.54) is 0 Å². The van der Waals surface area contributed by atoms with Crippen molar-refractivity contribution in [2.45, 2.75) is 25.6 Å². The van der Waals surface area contributed by atoms with E-state index in [-0.39, 0.29) is 36.8 Å². The van der Waals surface area contributed by atoms with Gasteiger partial charge in [-0.2, -0.15) is 0 Å². The van der Waals surface area contributed by atoms with Crippen molar-refractivity contribution in [3.05, 3.63) is 71.3 Å². The SMILES string of the molecule is Cl.N=C(NC(=O)OCc1ccccc1)c1ccc(CNC(=O)[C@@H]2CCN2)cc1. The van der Waals surface area contributed by atoms with Crippen LogP contribution in [0.2, 0.25) is 0 Å². The Labute approximate surface area is 169 Å². The number of ether oxygens (including phenoxy) is 1. The van der Waals surface area contributed by atoms with Gasteiger partial charge in [0.05, 0.1) is 6.04 Å². The number of benzene rings is 2. The smallest absolute Gasteiger partial charge is 0.413 e. The first-order chi connectivity index (χ1) is 13.1. The number of hydrogen-bond donors (Lipinski definition) is 4. The fraction of sp³-hybridized carbons (Fsp3) is 0.250. The number of amides is 2. The Balaban J connectivity index is 0.00000280. The predicted octanol–water partition coefficient (Wildman–Crippen LogP) is 2.34. The molecule has 8 heteroatoms. The van der Waals surface area contributed by atoms with Gasteiger partial charge in [-0.25, -0.2) is 4.79 Å². The van der Waals surface area contributed by atoms with Crippen LogP contribution in [0.3, 0.4) is 0 Å². The van der Waals surface area contributed by atoms with Crippen LogP contribution in [0.25, 0.3) is 0 Å². The molecule has 2 amide bonds. The predicted molar refractivity (Wildman–Crippen MR) is 109 cm³/mol. The lowest BCUT2D eigenvalue weighted by Crippen LogP contribution is -2.52. The number of alkyl carbamates (subject to hydrolysis) is 1. The Morgan fingerprint density at radius 2 is 1.75 bits per heavy atom. The maximum Gasteiger partial charge on any atom is 0.413 e. The first-order valence-electron chi connectivity index (χ1n) is 8.78. The molecule has 7 nitrogen and oxygen atoms in total. The van der Waals surface area contributed by atoms with Crippen LogP contribution in [-0.4, -0.2) is 30.4 Å². The summed E-state index contributed by atoms with van der Waals surface area (Å²) in [5, 5.41) is 16.3. The van der Waals surface area contributed by atoms with Crippen molar-refractivity contribution in [2.24, 2.45) is 0 Å². The molecule has 1 heterocycles. The van der Waals surface area contributed by atoms with Gasteiger partial charge in [0.25, 0.3) is 0 Å². The minimum Gasteiger partial charge on any atom is -0.444 e. The van der Waals surface area contributed by atoms with Gasteiger partial charge in [0.1, 0.15) is 12.4 Å². The van der Waals surface area contributed by atoms with Crippen molar-refractivity contribution >= 4 is 30.2 Å². The maximum absolute atomic E-state index is 11.8. The van der Waals surface area contributed by atoms with E-state index in [1.54, 1.807) is 12.1 Å². The van der Waals surface area contributed by atoms with Crippen molar-refractivity contribution in [2.75, 3.05) is 6.54 Å². The summed E-state index contributed by atoms with van der Waals surface area (Å²) in [4.78, 5) is 23.6. The molecule has 0 spiro atoms. The quantitative estimate of drug-likeness (QED) is 0.439. The Bertz CT molecular complexity index is 808. The Morgan fingerprint density at radius 1 is 1.07 bits per heavy atom. The number of carbonyl (C=O) groups is 2. The van der Waals surface area contributed by atoms with Crippen LogP contribution in [-0.2, 0) is 22.7 Å². The third-order valence-corrected chi connectivity index (χ3v) is 4.29. The third kappa shape index (κ3) is 6.07. The molecule has 2 aromatic carbocycles. The first-order valence-corrected chi connectivity index (χ1v) is 8.78. The zero-order valence-electron chi connectivity index (χ0n) is 15.2.